The molecule has 0 aliphatic heterocycles. The zero-order valence-electron chi connectivity index (χ0n) is 19.0. The Hall–Kier alpha value is -0.380. The number of fused-ring (bicyclic) bond motifs is 5. The number of likely N-dealkylation sites (N-methyl/N-ethyl adjacent to an activating group) is 1. The van der Waals surface area contributed by atoms with Crippen molar-refractivity contribution in [3.8, 4) is 0 Å². The minimum atomic E-state index is -0.0883. The summed E-state index contributed by atoms with van der Waals surface area (Å²) in [4.78, 5) is 2.28. The van der Waals surface area contributed by atoms with Gasteiger partial charge in [0.1, 0.15) is 0 Å². The van der Waals surface area contributed by atoms with Crippen LogP contribution in [-0.2, 0) is 0 Å². The molecular formula is C25H44N2O. The summed E-state index contributed by atoms with van der Waals surface area (Å²) in [7, 11) is 4.33. The van der Waals surface area contributed by atoms with E-state index < -0.39 is 0 Å². The largest absolute Gasteiger partial charge is 0.393 e. The predicted octanol–water partition coefficient (Wildman–Crippen LogP) is 4.47. The molecule has 0 radical (unpaired) electrons. The second-order valence-electron chi connectivity index (χ2n) is 11.4. The van der Waals surface area contributed by atoms with Gasteiger partial charge in [-0.15, -0.1) is 0 Å². The maximum Gasteiger partial charge on any atom is 0.0577 e. The highest BCUT2D eigenvalue weighted by molar-refractivity contribution is 5.25. The summed E-state index contributed by atoms with van der Waals surface area (Å²) in [6, 6.07) is 0.626. The first-order valence-corrected chi connectivity index (χ1v) is 12.0. The minimum absolute atomic E-state index is 0.0883. The van der Waals surface area contributed by atoms with Gasteiger partial charge in [0.2, 0.25) is 0 Å². The van der Waals surface area contributed by atoms with Crippen molar-refractivity contribution in [2.75, 3.05) is 27.2 Å². The second kappa shape index (κ2) is 7.71. The van der Waals surface area contributed by atoms with Crippen molar-refractivity contribution in [3.63, 3.8) is 0 Å². The molecule has 4 aliphatic rings. The zero-order valence-corrected chi connectivity index (χ0v) is 19.0. The fourth-order valence-electron chi connectivity index (χ4n) is 8.16. The Kier molecular flexibility index (Phi) is 5.74. The maximum absolute atomic E-state index is 10.2. The van der Waals surface area contributed by atoms with Crippen LogP contribution in [0.4, 0.5) is 0 Å². The summed E-state index contributed by atoms with van der Waals surface area (Å²) >= 11 is 0. The van der Waals surface area contributed by atoms with E-state index in [4.69, 9.17) is 0 Å². The third kappa shape index (κ3) is 3.40. The summed E-state index contributed by atoms with van der Waals surface area (Å²) in [5.74, 6) is 3.46. The van der Waals surface area contributed by atoms with Crippen LogP contribution in [0.2, 0.25) is 0 Å². The van der Waals surface area contributed by atoms with Gasteiger partial charge in [-0.2, -0.15) is 0 Å². The van der Waals surface area contributed by atoms with Gasteiger partial charge in [-0.05, 0) is 107 Å². The van der Waals surface area contributed by atoms with Crippen LogP contribution in [0.15, 0.2) is 11.6 Å². The van der Waals surface area contributed by atoms with Crippen LogP contribution in [0.5, 0.6) is 0 Å². The summed E-state index contributed by atoms with van der Waals surface area (Å²) < 4.78 is 0. The summed E-state index contributed by atoms with van der Waals surface area (Å²) in [5, 5.41) is 14.1. The third-order valence-corrected chi connectivity index (χ3v) is 9.78. The lowest BCUT2D eigenvalue weighted by Gasteiger charge is -2.58. The summed E-state index contributed by atoms with van der Waals surface area (Å²) in [6.45, 7) is 9.86. The molecule has 8 atom stereocenters. The van der Waals surface area contributed by atoms with Crippen molar-refractivity contribution in [1.82, 2.24) is 10.2 Å². The molecule has 3 saturated carbocycles. The summed E-state index contributed by atoms with van der Waals surface area (Å²) in [5.41, 5.74) is 2.49. The predicted molar refractivity (Wildman–Crippen MR) is 117 cm³/mol. The lowest BCUT2D eigenvalue weighted by atomic mass is 9.47. The molecular weight excluding hydrogens is 344 g/mol. The standard InChI is InChI=1S/C25H44N2O/c1-17(26-14-15-27(4)5)21-8-9-22-20-7-6-18-16-19(28)10-12-24(18,2)23(20)11-13-25(21,22)3/h6,17,19-23,26,28H,7-16H2,1-5H3/t17?,19-,20-,21+,22-,23-,24-,25+/m0/s1. The monoisotopic (exact) mass is 388 g/mol. The number of rotatable bonds is 5. The minimum Gasteiger partial charge on any atom is -0.393 e. The fourth-order valence-corrected chi connectivity index (χ4v) is 8.16. The van der Waals surface area contributed by atoms with Crippen LogP contribution in [0.25, 0.3) is 0 Å². The number of allylic oxidation sites excluding steroid dienone is 1. The molecule has 0 spiro atoms. The van der Waals surface area contributed by atoms with Crippen molar-refractivity contribution in [1.29, 1.82) is 0 Å². The molecule has 0 bridgehead atoms. The molecule has 0 saturated heterocycles. The van der Waals surface area contributed by atoms with E-state index in [0.29, 0.717) is 16.9 Å². The smallest absolute Gasteiger partial charge is 0.0577 e. The number of aliphatic hydroxyl groups excluding tert-OH is 1. The van der Waals surface area contributed by atoms with Crippen molar-refractivity contribution in [2.45, 2.75) is 84.3 Å². The number of nitrogens with zero attached hydrogens (tertiary/aromatic N) is 1. The molecule has 160 valence electrons. The average Bonchev–Trinajstić information content (AvgIpc) is 2.99. The van der Waals surface area contributed by atoms with Gasteiger partial charge in [-0.25, -0.2) is 0 Å². The molecule has 3 fully saturated rings. The first kappa shape index (κ1) is 20.9. The molecule has 0 aromatic heterocycles. The molecule has 0 amide bonds. The Bertz CT molecular complexity index is 601. The van der Waals surface area contributed by atoms with E-state index in [1.807, 2.05) is 0 Å². The SMILES string of the molecule is CC(NCCN(C)C)[C@H]1CC[C@H]2[C@@H]3CC=C4C[C@@H](O)CC[C@]4(C)[C@H]3CC[C@]12C. The van der Waals surface area contributed by atoms with E-state index in [1.54, 1.807) is 5.57 Å². The third-order valence-electron chi connectivity index (χ3n) is 9.78. The van der Waals surface area contributed by atoms with Gasteiger partial charge in [0.15, 0.2) is 0 Å². The first-order valence-electron chi connectivity index (χ1n) is 12.0. The van der Waals surface area contributed by atoms with Crippen molar-refractivity contribution >= 4 is 0 Å². The first-order chi connectivity index (χ1) is 13.3. The zero-order chi connectivity index (χ0) is 20.1. The Labute approximate surface area is 173 Å². The van der Waals surface area contributed by atoms with Crippen molar-refractivity contribution < 1.29 is 5.11 Å². The summed E-state index contributed by atoms with van der Waals surface area (Å²) in [6.07, 6.45) is 12.6. The van der Waals surface area contributed by atoms with Crippen LogP contribution in [0.3, 0.4) is 0 Å². The molecule has 1 unspecified atom stereocenters. The van der Waals surface area contributed by atoms with Gasteiger partial charge in [-0.1, -0.05) is 25.5 Å². The van der Waals surface area contributed by atoms with Crippen LogP contribution in [0, 0.1) is 34.5 Å². The highest BCUT2D eigenvalue weighted by Crippen LogP contribution is 2.66. The van der Waals surface area contributed by atoms with Gasteiger partial charge >= 0.3 is 0 Å². The van der Waals surface area contributed by atoms with Gasteiger partial charge in [0, 0.05) is 19.1 Å². The Morgan fingerprint density at radius 1 is 1.14 bits per heavy atom. The van der Waals surface area contributed by atoms with Gasteiger partial charge in [-0.3, -0.25) is 0 Å². The average molecular weight is 389 g/mol. The lowest BCUT2D eigenvalue weighted by Crippen LogP contribution is -2.52. The molecule has 28 heavy (non-hydrogen) atoms. The molecule has 0 aromatic carbocycles. The number of hydrogen-bond donors (Lipinski definition) is 2. The van der Waals surface area contributed by atoms with Crippen LogP contribution < -0.4 is 5.32 Å². The number of hydrogen-bond acceptors (Lipinski definition) is 3. The molecule has 4 rings (SSSR count). The Morgan fingerprint density at radius 3 is 2.68 bits per heavy atom. The number of aliphatic hydroxyl groups is 1. The Balaban J connectivity index is 1.49. The molecule has 4 aliphatic carbocycles. The highest BCUT2D eigenvalue weighted by atomic mass is 16.3. The molecule has 2 N–H and O–H groups in total. The van der Waals surface area contributed by atoms with E-state index >= 15 is 0 Å². The van der Waals surface area contributed by atoms with Gasteiger partial charge in [0.05, 0.1) is 6.10 Å². The van der Waals surface area contributed by atoms with Gasteiger partial charge < -0.3 is 15.3 Å². The Morgan fingerprint density at radius 2 is 1.93 bits per heavy atom. The van der Waals surface area contributed by atoms with E-state index in [2.05, 4.69) is 51.2 Å². The fraction of sp³-hybridized carbons (Fsp3) is 0.920. The molecule has 0 aromatic rings. The normalized spacial score (nSPS) is 46.5. The maximum atomic E-state index is 10.2. The second-order valence-corrected chi connectivity index (χ2v) is 11.4. The number of nitrogens with one attached hydrogen (secondary N) is 1. The highest BCUT2D eigenvalue weighted by Gasteiger charge is 2.59. The molecule has 3 heteroatoms. The van der Waals surface area contributed by atoms with Crippen LogP contribution in [0.1, 0.15) is 72.1 Å². The van der Waals surface area contributed by atoms with E-state index in [9.17, 15) is 5.11 Å². The topological polar surface area (TPSA) is 35.5 Å². The van der Waals surface area contributed by atoms with E-state index in [-0.39, 0.29) is 6.10 Å². The van der Waals surface area contributed by atoms with Crippen molar-refractivity contribution in [3.05, 3.63) is 11.6 Å². The lowest BCUT2D eigenvalue weighted by molar-refractivity contribution is -0.0535. The molecule has 0 heterocycles. The van der Waals surface area contributed by atoms with Gasteiger partial charge in [0.25, 0.3) is 0 Å². The quantitative estimate of drug-likeness (QED) is 0.682. The molecule has 3 nitrogen and oxygen atoms in total. The van der Waals surface area contributed by atoms with Crippen LogP contribution >= 0.6 is 0 Å². The van der Waals surface area contributed by atoms with E-state index in [1.165, 1.54) is 38.5 Å². The van der Waals surface area contributed by atoms with Crippen molar-refractivity contribution in [2.24, 2.45) is 34.5 Å². The van der Waals surface area contributed by atoms with E-state index in [0.717, 1.165) is 49.6 Å². The van der Waals surface area contributed by atoms with Crippen LogP contribution in [-0.4, -0.2) is 49.3 Å².